The van der Waals surface area contributed by atoms with Crippen LogP contribution in [0, 0.1) is 0 Å². The van der Waals surface area contributed by atoms with Gasteiger partial charge in [-0.25, -0.2) is 0 Å². The van der Waals surface area contributed by atoms with E-state index in [1.54, 1.807) is 12.1 Å². The quantitative estimate of drug-likeness (QED) is 0.234. The third-order valence-electron chi connectivity index (χ3n) is 4.99. The zero-order valence-corrected chi connectivity index (χ0v) is 19.1. The Balaban J connectivity index is 0.00000341. The van der Waals surface area contributed by atoms with E-state index in [2.05, 4.69) is 20.4 Å². The molecular formula is C19H25F6IN4O. The molecular weight excluding hydrogens is 541 g/mol. The van der Waals surface area contributed by atoms with Crippen LogP contribution in [0.4, 0.5) is 26.3 Å². The number of alkyl halides is 6. The minimum Gasteiger partial charge on any atom is -0.405 e. The van der Waals surface area contributed by atoms with Crippen molar-refractivity contribution in [2.24, 2.45) is 4.99 Å². The largest absolute Gasteiger partial charge is 0.573 e. The number of rotatable bonds is 6. The van der Waals surface area contributed by atoms with E-state index in [9.17, 15) is 26.3 Å². The van der Waals surface area contributed by atoms with E-state index >= 15 is 0 Å². The van der Waals surface area contributed by atoms with E-state index < -0.39 is 19.1 Å². The summed E-state index contributed by atoms with van der Waals surface area (Å²) in [6, 6.07) is 5.71. The zero-order valence-electron chi connectivity index (χ0n) is 16.8. The number of aliphatic imine (C=N–C) groups is 1. The normalized spacial score (nSPS) is 24.5. The van der Waals surface area contributed by atoms with Crippen molar-refractivity contribution < 1.29 is 31.1 Å². The van der Waals surface area contributed by atoms with E-state index in [4.69, 9.17) is 0 Å². The van der Waals surface area contributed by atoms with Crippen LogP contribution in [0.15, 0.2) is 29.3 Å². The fourth-order valence-corrected chi connectivity index (χ4v) is 3.71. The maximum atomic E-state index is 12.6. The molecule has 1 saturated carbocycles. The summed E-state index contributed by atoms with van der Waals surface area (Å²) in [6.07, 6.45) is -7.85. The first kappa shape index (κ1) is 25.8. The highest BCUT2D eigenvalue weighted by molar-refractivity contribution is 14.0. The monoisotopic (exact) mass is 566 g/mol. The summed E-state index contributed by atoms with van der Waals surface area (Å²) in [7, 11) is 0. The van der Waals surface area contributed by atoms with Crippen LogP contribution in [0.2, 0.25) is 0 Å². The van der Waals surface area contributed by atoms with Crippen LogP contribution >= 0.6 is 24.0 Å². The Labute approximate surface area is 193 Å². The maximum absolute atomic E-state index is 12.6. The summed E-state index contributed by atoms with van der Waals surface area (Å²) in [6.45, 7) is 1.93. The lowest BCUT2D eigenvalue weighted by Crippen LogP contribution is -2.46. The standard InChI is InChI=1S/C19H24F6N4O.HI/c1-2-26-17(27-12-7-8-29(10-12)11-18(20,21)22)28-15-9-14(15)13-5-3-4-6-16(13)30-19(23,24)25;/h3-6,12,14-15H,2,7-11H2,1H3,(H2,26,27,28);1H. The Kier molecular flexibility index (Phi) is 8.70. The summed E-state index contributed by atoms with van der Waals surface area (Å²) in [4.78, 5) is 5.66. The first-order valence-electron chi connectivity index (χ1n) is 9.75. The van der Waals surface area contributed by atoms with Gasteiger partial charge in [-0.15, -0.1) is 37.1 Å². The number of likely N-dealkylation sites (tertiary alicyclic amines) is 1. The van der Waals surface area contributed by atoms with Gasteiger partial charge in [-0.05, 0) is 31.4 Å². The molecule has 12 heteroatoms. The van der Waals surface area contributed by atoms with Crippen LogP contribution in [0.3, 0.4) is 0 Å². The zero-order chi connectivity index (χ0) is 21.9. The number of guanidine groups is 1. The molecule has 2 fully saturated rings. The van der Waals surface area contributed by atoms with Crippen LogP contribution in [0.25, 0.3) is 0 Å². The molecule has 0 amide bonds. The fourth-order valence-electron chi connectivity index (χ4n) is 3.71. The Hall–Kier alpha value is -1.44. The molecule has 0 spiro atoms. The van der Waals surface area contributed by atoms with E-state index in [0.717, 1.165) is 0 Å². The van der Waals surface area contributed by atoms with Crippen molar-refractivity contribution in [2.75, 3.05) is 26.2 Å². The molecule has 0 bridgehead atoms. The molecule has 1 aliphatic heterocycles. The molecule has 31 heavy (non-hydrogen) atoms. The number of hydrogen-bond donors (Lipinski definition) is 2. The fraction of sp³-hybridized carbons (Fsp3) is 0.632. The molecule has 3 unspecified atom stereocenters. The number of halogens is 7. The summed E-state index contributed by atoms with van der Waals surface area (Å²) >= 11 is 0. The third kappa shape index (κ3) is 8.20. The van der Waals surface area contributed by atoms with Crippen molar-refractivity contribution in [3.63, 3.8) is 0 Å². The van der Waals surface area contributed by atoms with Crippen molar-refractivity contribution in [3.8, 4) is 5.75 Å². The summed E-state index contributed by atoms with van der Waals surface area (Å²) in [5.74, 6) is 0.0654. The van der Waals surface area contributed by atoms with Crippen molar-refractivity contribution in [3.05, 3.63) is 29.8 Å². The van der Waals surface area contributed by atoms with Gasteiger partial charge in [0, 0.05) is 37.6 Å². The van der Waals surface area contributed by atoms with Gasteiger partial charge in [0.25, 0.3) is 0 Å². The van der Waals surface area contributed by atoms with Crippen LogP contribution in [0.5, 0.6) is 5.75 Å². The Bertz CT molecular complexity index is 758. The highest BCUT2D eigenvalue weighted by Gasteiger charge is 2.43. The molecule has 2 aliphatic rings. The molecule has 0 radical (unpaired) electrons. The minimum absolute atomic E-state index is 0. The minimum atomic E-state index is -4.77. The number of benzene rings is 1. The maximum Gasteiger partial charge on any atom is 0.573 e. The van der Waals surface area contributed by atoms with Gasteiger partial charge in [0.05, 0.1) is 6.54 Å². The van der Waals surface area contributed by atoms with E-state index in [-0.39, 0.29) is 54.3 Å². The molecule has 1 aromatic carbocycles. The average Bonchev–Trinajstić information content (AvgIpc) is 3.23. The molecule has 0 aromatic heterocycles. The molecule has 5 nitrogen and oxygen atoms in total. The predicted octanol–water partition coefficient (Wildman–Crippen LogP) is 4.25. The number of ether oxygens (including phenoxy) is 1. The molecule has 2 N–H and O–H groups in total. The number of nitrogens with zero attached hydrogens (tertiary/aromatic N) is 2. The van der Waals surface area contributed by atoms with Gasteiger partial charge in [0.15, 0.2) is 5.96 Å². The Morgan fingerprint density at radius 2 is 1.87 bits per heavy atom. The average molecular weight is 566 g/mol. The van der Waals surface area contributed by atoms with Crippen LogP contribution in [-0.2, 0) is 0 Å². The topological polar surface area (TPSA) is 48.9 Å². The third-order valence-corrected chi connectivity index (χ3v) is 4.99. The van der Waals surface area contributed by atoms with Crippen LogP contribution in [-0.4, -0.2) is 61.7 Å². The van der Waals surface area contributed by atoms with Gasteiger partial charge in [0.1, 0.15) is 5.75 Å². The first-order valence-corrected chi connectivity index (χ1v) is 9.75. The van der Waals surface area contributed by atoms with Gasteiger partial charge >= 0.3 is 12.5 Å². The predicted molar refractivity (Wildman–Crippen MR) is 115 cm³/mol. The number of hydrogen-bond acceptors (Lipinski definition) is 3. The molecule has 1 saturated heterocycles. The molecule has 3 rings (SSSR count). The molecule has 1 aromatic rings. The SMILES string of the molecule is CCN=C(NC1CCN(CC(F)(F)F)C1)NC1CC1c1ccccc1OC(F)(F)F.I. The number of para-hydroxylation sites is 1. The first-order chi connectivity index (χ1) is 14.0. The van der Waals surface area contributed by atoms with E-state index in [0.29, 0.717) is 37.5 Å². The van der Waals surface area contributed by atoms with Gasteiger partial charge in [-0.3, -0.25) is 9.89 Å². The van der Waals surface area contributed by atoms with Gasteiger partial charge < -0.3 is 15.4 Å². The molecule has 176 valence electrons. The van der Waals surface area contributed by atoms with Crippen molar-refractivity contribution in [1.82, 2.24) is 15.5 Å². The second-order valence-corrected chi connectivity index (χ2v) is 7.48. The summed E-state index contributed by atoms with van der Waals surface area (Å²) in [5.41, 5.74) is 0.459. The van der Waals surface area contributed by atoms with Crippen LogP contribution < -0.4 is 15.4 Å². The van der Waals surface area contributed by atoms with Gasteiger partial charge in [0.2, 0.25) is 0 Å². The van der Waals surface area contributed by atoms with Crippen LogP contribution in [0.1, 0.15) is 31.2 Å². The number of nitrogens with one attached hydrogen (secondary N) is 2. The van der Waals surface area contributed by atoms with Crippen molar-refractivity contribution in [2.45, 2.75) is 50.3 Å². The van der Waals surface area contributed by atoms with Gasteiger partial charge in [-0.1, -0.05) is 18.2 Å². The summed E-state index contributed by atoms with van der Waals surface area (Å²) < 4.78 is 79.7. The Morgan fingerprint density at radius 3 is 2.52 bits per heavy atom. The Morgan fingerprint density at radius 1 is 1.16 bits per heavy atom. The van der Waals surface area contributed by atoms with Crippen molar-refractivity contribution in [1.29, 1.82) is 0 Å². The molecule has 3 atom stereocenters. The lowest BCUT2D eigenvalue weighted by atomic mass is 10.1. The molecule has 1 heterocycles. The smallest absolute Gasteiger partial charge is 0.405 e. The highest BCUT2D eigenvalue weighted by atomic mass is 127. The van der Waals surface area contributed by atoms with Gasteiger partial charge in [-0.2, -0.15) is 13.2 Å². The van der Waals surface area contributed by atoms with E-state index in [1.165, 1.54) is 17.0 Å². The lowest BCUT2D eigenvalue weighted by Gasteiger charge is -2.20. The second-order valence-electron chi connectivity index (χ2n) is 7.48. The second kappa shape index (κ2) is 10.5. The molecule has 1 aliphatic carbocycles. The summed E-state index contributed by atoms with van der Waals surface area (Å²) in [5, 5.41) is 6.33. The highest BCUT2D eigenvalue weighted by Crippen LogP contribution is 2.45. The lowest BCUT2D eigenvalue weighted by molar-refractivity contribution is -0.274. The van der Waals surface area contributed by atoms with E-state index in [1.807, 2.05) is 6.92 Å². The van der Waals surface area contributed by atoms with Crippen molar-refractivity contribution >= 4 is 29.9 Å².